The molecule has 222 valence electrons. The quantitative estimate of drug-likeness (QED) is 0.340. The second-order valence-electron chi connectivity index (χ2n) is 11.0. The highest BCUT2D eigenvalue weighted by Gasteiger charge is 2.33. The minimum absolute atomic E-state index is 0.0918. The number of hydrogen-bond acceptors (Lipinski definition) is 5. The summed E-state index contributed by atoms with van der Waals surface area (Å²) in [7, 11) is -3.42. The van der Waals surface area contributed by atoms with Gasteiger partial charge in [-0.25, -0.2) is 8.42 Å². The Morgan fingerprint density at radius 3 is 2.38 bits per heavy atom. The van der Waals surface area contributed by atoms with Gasteiger partial charge in [-0.3, -0.25) is 14.3 Å². The number of piperidine rings is 1. The number of hydrogen-bond donors (Lipinski definition) is 3. The molecule has 3 aromatic rings. The monoisotopic (exact) mass is 628 g/mol. The Balaban J connectivity index is 1.30. The Labute approximate surface area is 256 Å². The second-order valence-corrected chi connectivity index (χ2v) is 13.5. The molecule has 2 atom stereocenters. The number of amides is 2. The molecule has 11 heteroatoms. The maximum absolute atomic E-state index is 13.9. The molecule has 0 aromatic heterocycles. The average molecular weight is 630 g/mol. The summed E-state index contributed by atoms with van der Waals surface area (Å²) in [6, 6.07) is 19.4. The van der Waals surface area contributed by atoms with Gasteiger partial charge >= 0.3 is 0 Å². The van der Waals surface area contributed by atoms with E-state index in [1.54, 1.807) is 29.2 Å². The molecule has 0 radical (unpaired) electrons. The van der Waals surface area contributed by atoms with Crippen molar-refractivity contribution in [3.63, 3.8) is 0 Å². The molecule has 1 fully saturated rings. The maximum Gasteiger partial charge on any atom is 0.245 e. The van der Waals surface area contributed by atoms with Crippen molar-refractivity contribution in [2.75, 3.05) is 24.1 Å². The second kappa shape index (κ2) is 13.0. The van der Waals surface area contributed by atoms with Gasteiger partial charge in [-0.15, -0.1) is 0 Å². The van der Waals surface area contributed by atoms with Gasteiger partial charge in [0.2, 0.25) is 21.8 Å². The van der Waals surface area contributed by atoms with Crippen molar-refractivity contribution in [3.8, 4) is 0 Å². The highest BCUT2D eigenvalue weighted by Crippen LogP contribution is 2.34. The first kappa shape index (κ1) is 30.4. The van der Waals surface area contributed by atoms with Crippen LogP contribution in [0.3, 0.4) is 0 Å². The van der Waals surface area contributed by atoms with E-state index >= 15 is 0 Å². The van der Waals surface area contributed by atoms with Gasteiger partial charge in [-0.2, -0.15) is 0 Å². The van der Waals surface area contributed by atoms with Crippen molar-refractivity contribution in [3.05, 3.63) is 99.0 Å². The minimum atomic E-state index is -3.42. The van der Waals surface area contributed by atoms with Crippen molar-refractivity contribution in [1.82, 2.24) is 15.5 Å². The number of nitrogens with one attached hydrogen (secondary N) is 3. The first-order valence-electron chi connectivity index (χ1n) is 14.0. The van der Waals surface area contributed by atoms with Gasteiger partial charge in [-0.05, 0) is 65.6 Å². The van der Waals surface area contributed by atoms with E-state index in [1.807, 2.05) is 42.5 Å². The fraction of sp³-hybridized carbons (Fsp3) is 0.355. The van der Waals surface area contributed by atoms with E-state index in [0.29, 0.717) is 54.6 Å². The zero-order valence-corrected chi connectivity index (χ0v) is 25.6. The summed E-state index contributed by atoms with van der Waals surface area (Å²) in [5.74, 6) is -0.292. The van der Waals surface area contributed by atoms with Crippen LogP contribution in [-0.2, 0) is 39.0 Å². The molecule has 42 heavy (non-hydrogen) atoms. The zero-order valence-electron chi connectivity index (χ0n) is 23.3. The molecule has 2 amide bonds. The number of fused-ring (bicyclic) bond motifs is 1. The molecule has 2 heterocycles. The third-order valence-corrected chi connectivity index (χ3v) is 9.27. The topological polar surface area (TPSA) is 108 Å². The van der Waals surface area contributed by atoms with Gasteiger partial charge in [0.05, 0.1) is 28.0 Å². The van der Waals surface area contributed by atoms with E-state index in [4.69, 9.17) is 23.2 Å². The van der Waals surface area contributed by atoms with Crippen LogP contribution in [0.4, 0.5) is 5.69 Å². The maximum atomic E-state index is 13.9. The molecular formula is C31H34Cl2N4O4S. The van der Waals surface area contributed by atoms with Gasteiger partial charge in [0, 0.05) is 26.1 Å². The van der Waals surface area contributed by atoms with Crippen LogP contribution < -0.4 is 15.4 Å². The van der Waals surface area contributed by atoms with E-state index in [1.165, 1.54) is 5.56 Å². The van der Waals surface area contributed by atoms with Crippen LogP contribution in [0.5, 0.6) is 0 Å². The lowest BCUT2D eigenvalue weighted by Crippen LogP contribution is -2.56. The summed E-state index contributed by atoms with van der Waals surface area (Å²) in [5, 5.41) is 7.14. The molecule has 0 spiro atoms. The van der Waals surface area contributed by atoms with Crippen molar-refractivity contribution in [2.45, 2.75) is 50.2 Å². The van der Waals surface area contributed by atoms with Crippen molar-refractivity contribution < 1.29 is 18.0 Å². The molecule has 3 aromatic carbocycles. The lowest BCUT2D eigenvalue weighted by atomic mass is 9.88. The largest absolute Gasteiger partial charge is 0.343 e. The zero-order chi connectivity index (χ0) is 29.9. The van der Waals surface area contributed by atoms with Gasteiger partial charge in [0.1, 0.15) is 6.04 Å². The molecule has 1 saturated heterocycles. The number of para-hydroxylation sites is 1. The Hall–Kier alpha value is -3.11. The summed E-state index contributed by atoms with van der Waals surface area (Å²) in [4.78, 5) is 29.2. The highest BCUT2D eigenvalue weighted by atomic mass is 35.5. The Morgan fingerprint density at radius 1 is 0.976 bits per heavy atom. The third kappa shape index (κ3) is 7.45. The van der Waals surface area contributed by atoms with Crippen LogP contribution in [0.1, 0.15) is 41.0 Å². The summed E-state index contributed by atoms with van der Waals surface area (Å²) < 4.78 is 26.4. The van der Waals surface area contributed by atoms with Crippen LogP contribution in [0.25, 0.3) is 0 Å². The molecule has 0 bridgehead atoms. The van der Waals surface area contributed by atoms with E-state index in [2.05, 4.69) is 15.4 Å². The standard InChI is InChI=1S/C31H34Cl2N4O4S/c1-42(40,41)36-27-9-5-4-8-24(27)21-12-14-37(15-13-21)31(39)29(17-20-10-11-25(32)26(33)16-20)35-30(38)28-18-22-6-2-3-7-23(22)19-34-28/h2-11,16,21,28-29,34,36H,12-15,17-19H2,1H3,(H,35,38). The van der Waals surface area contributed by atoms with Crippen LogP contribution in [0.2, 0.25) is 10.0 Å². The molecule has 3 N–H and O–H groups in total. The average Bonchev–Trinajstić information content (AvgIpc) is 2.97. The predicted octanol–water partition coefficient (Wildman–Crippen LogP) is 4.51. The van der Waals surface area contributed by atoms with Gasteiger partial charge in [0.15, 0.2) is 0 Å². The molecule has 0 aliphatic carbocycles. The molecule has 0 saturated carbocycles. The van der Waals surface area contributed by atoms with Gasteiger partial charge < -0.3 is 15.5 Å². The SMILES string of the molecule is CS(=O)(=O)Nc1ccccc1C1CCN(C(=O)C(Cc2ccc(Cl)c(Cl)c2)NC(=O)C2Cc3ccccc3CN2)CC1. The number of halogens is 2. The van der Waals surface area contributed by atoms with Crippen molar-refractivity contribution >= 4 is 50.7 Å². The van der Waals surface area contributed by atoms with Crippen LogP contribution >= 0.6 is 23.2 Å². The minimum Gasteiger partial charge on any atom is -0.343 e. The van der Waals surface area contributed by atoms with Gasteiger partial charge in [-0.1, -0.05) is 71.7 Å². The fourth-order valence-corrected chi connectivity index (χ4v) is 6.70. The number of sulfonamides is 1. The Kier molecular flexibility index (Phi) is 9.42. The molecular weight excluding hydrogens is 595 g/mol. The fourth-order valence-electron chi connectivity index (χ4n) is 5.79. The van der Waals surface area contributed by atoms with Crippen LogP contribution in [-0.4, -0.2) is 56.6 Å². The number of anilines is 1. The lowest BCUT2D eigenvalue weighted by molar-refractivity contribution is -0.137. The molecule has 2 aliphatic heterocycles. The van der Waals surface area contributed by atoms with Crippen LogP contribution in [0, 0.1) is 0 Å². The number of nitrogens with zero attached hydrogens (tertiary/aromatic N) is 1. The number of rotatable bonds is 8. The lowest BCUT2D eigenvalue weighted by Gasteiger charge is -2.36. The Morgan fingerprint density at radius 2 is 1.67 bits per heavy atom. The molecule has 8 nitrogen and oxygen atoms in total. The van der Waals surface area contributed by atoms with Crippen LogP contribution in [0.15, 0.2) is 66.7 Å². The summed E-state index contributed by atoms with van der Waals surface area (Å²) >= 11 is 12.4. The summed E-state index contributed by atoms with van der Waals surface area (Å²) in [5.41, 5.74) is 4.56. The number of likely N-dealkylation sites (tertiary alicyclic amines) is 1. The van der Waals surface area contributed by atoms with E-state index in [-0.39, 0.29) is 24.2 Å². The first-order chi connectivity index (χ1) is 20.1. The Bertz CT molecular complexity index is 1570. The van der Waals surface area contributed by atoms with E-state index in [0.717, 1.165) is 22.9 Å². The van der Waals surface area contributed by atoms with E-state index in [9.17, 15) is 18.0 Å². The smallest absolute Gasteiger partial charge is 0.245 e. The molecule has 5 rings (SSSR count). The molecule has 2 aliphatic rings. The van der Waals surface area contributed by atoms with E-state index < -0.39 is 22.1 Å². The van der Waals surface area contributed by atoms with Crippen molar-refractivity contribution in [2.24, 2.45) is 0 Å². The third-order valence-electron chi connectivity index (χ3n) is 7.94. The summed E-state index contributed by atoms with van der Waals surface area (Å²) in [6.07, 6.45) is 3.29. The number of benzene rings is 3. The number of carbonyl (C=O) groups excluding carboxylic acids is 2. The first-order valence-corrected chi connectivity index (χ1v) is 16.6. The molecule has 2 unspecified atom stereocenters. The highest BCUT2D eigenvalue weighted by molar-refractivity contribution is 7.92. The summed E-state index contributed by atoms with van der Waals surface area (Å²) in [6.45, 7) is 1.56. The van der Waals surface area contributed by atoms with Gasteiger partial charge in [0.25, 0.3) is 0 Å². The number of carbonyl (C=O) groups is 2. The normalized spacial score (nSPS) is 18.2. The van der Waals surface area contributed by atoms with Crippen molar-refractivity contribution in [1.29, 1.82) is 0 Å². The predicted molar refractivity (Wildman–Crippen MR) is 166 cm³/mol.